The molecule has 1 aromatic heterocycles. The molecule has 0 saturated heterocycles. The first-order valence-electron chi connectivity index (χ1n) is 7.75. The second-order valence-corrected chi connectivity index (χ2v) is 8.43. The minimum absolute atomic E-state index is 0.0501. The Morgan fingerprint density at radius 3 is 2.19 bits per heavy atom. The number of thiazole rings is 1. The van der Waals surface area contributed by atoms with Crippen LogP contribution in [0.3, 0.4) is 0 Å². The van der Waals surface area contributed by atoms with Gasteiger partial charge in [0.2, 0.25) is 0 Å². The zero-order chi connectivity index (χ0) is 16.2. The first kappa shape index (κ1) is 18.4. The molecule has 5 heteroatoms. The molecule has 0 radical (unpaired) electrons. The van der Waals surface area contributed by atoms with E-state index in [1.165, 1.54) is 4.88 Å². The van der Waals surface area contributed by atoms with Crippen molar-refractivity contribution in [1.29, 1.82) is 0 Å². The second-order valence-electron chi connectivity index (χ2n) is 7.37. The van der Waals surface area contributed by atoms with Gasteiger partial charge < -0.3 is 15.5 Å². The van der Waals surface area contributed by atoms with Crippen LogP contribution in [0.4, 0.5) is 5.13 Å². The van der Waals surface area contributed by atoms with Crippen LogP contribution < -0.4 is 10.6 Å². The molecule has 0 aromatic carbocycles. The van der Waals surface area contributed by atoms with Gasteiger partial charge in [-0.25, -0.2) is 4.98 Å². The Kier molecular flexibility index (Phi) is 6.63. The van der Waals surface area contributed by atoms with Crippen LogP contribution in [-0.4, -0.2) is 43.6 Å². The van der Waals surface area contributed by atoms with Gasteiger partial charge in [0.1, 0.15) is 0 Å². The SMILES string of the molecule is CC(C)CN(CCN(C)C)c1nc(C(C)(C)C)c(CN)s1. The van der Waals surface area contributed by atoms with E-state index in [0.29, 0.717) is 12.5 Å². The van der Waals surface area contributed by atoms with Crippen molar-refractivity contribution in [3.8, 4) is 0 Å². The molecule has 2 N–H and O–H groups in total. The maximum atomic E-state index is 5.93. The van der Waals surface area contributed by atoms with Crippen LogP contribution in [0, 0.1) is 5.92 Å². The minimum atomic E-state index is 0.0501. The summed E-state index contributed by atoms with van der Waals surface area (Å²) in [6.07, 6.45) is 0. The van der Waals surface area contributed by atoms with Gasteiger partial charge in [-0.05, 0) is 20.0 Å². The van der Waals surface area contributed by atoms with Crippen molar-refractivity contribution < 1.29 is 0 Å². The van der Waals surface area contributed by atoms with Crippen molar-refractivity contribution in [2.24, 2.45) is 11.7 Å². The highest BCUT2D eigenvalue weighted by Gasteiger charge is 2.24. The maximum absolute atomic E-state index is 5.93. The van der Waals surface area contributed by atoms with Gasteiger partial charge in [0.05, 0.1) is 5.69 Å². The van der Waals surface area contributed by atoms with Crippen molar-refractivity contribution in [3.05, 3.63) is 10.6 Å². The third kappa shape index (κ3) is 5.57. The number of nitrogens with zero attached hydrogens (tertiary/aromatic N) is 3. The van der Waals surface area contributed by atoms with E-state index in [-0.39, 0.29) is 5.41 Å². The van der Waals surface area contributed by atoms with Crippen LogP contribution >= 0.6 is 11.3 Å². The summed E-state index contributed by atoms with van der Waals surface area (Å²) < 4.78 is 0. The monoisotopic (exact) mass is 312 g/mol. The molecule has 1 heterocycles. The van der Waals surface area contributed by atoms with Crippen molar-refractivity contribution in [1.82, 2.24) is 9.88 Å². The highest BCUT2D eigenvalue weighted by molar-refractivity contribution is 7.15. The highest BCUT2D eigenvalue weighted by Crippen LogP contribution is 2.33. The van der Waals surface area contributed by atoms with E-state index in [1.807, 2.05) is 0 Å². The zero-order valence-electron chi connectivity index (χ0n) is 14.7. The molecule has 1 rings (SSSR count). The van der Waals surface area contributed by atoms with Gasteiger partial charge in [-0.2, -0.15) is 0 Å². The predicted molar refractivity (Wildman–Crippen MR) is 94.3 cm³/mol. The highest BCUT2D eigenvalue weighted by atomic mass is 32.1. The Labute approximate surface area is 134 Å². The fourth-order valence-electron chi connectivity index (χ4n) is 2.23. The number of hydrogen-bond acceptors (Lipinski definition) is 5. The van der Waals surface area contributed by atoms with Gasteiger partial charge >= 0.3 is 0 Å². The summed E-state index contributed by atoms with van der Waals surface area (Å²) in [4.78, 5) is 10.8. The summed E-state index contributed by atoms with van der Waals surface area (Å²) in [6.45, 7) is 14.8. The molecular weight excluding hydrogens is 280 g/mol. The molecule has 0 amide bonds. The van der Waals surface area contributed by atoms with Gasteiger partial charge in [0, 0.05) is 36.5 Å². The lowest BCUT2D eigenvalue weighted by Gasteiger charge is -2.25. The molecule has 0 aliphatic rings. The van der Waals surface area contributed by atoms with Crippen LogP contribution in [-0.2, 0) is 12.0 Å². The first-order chi connectivity index (χ1) is 9.65. The predicted octanol–water partition coefficient (Wildman–Crippen LogP) is 2.92. The average molecular weight is 313 g/mol. The summed E-state index contributed by atoms with van der Waals surface area (Å²) in [5, 5.41) is 1.12. The normalized spacial score (nSPS) is 12.5. The smallest absolute Gasteiger partial charge is 0.185 e. The van der Waals surface area contributed by atoms with Gasteiger partial charge in [-0.1, -0.05) is 34.6 Å². The quantitative estimate of drug-likeness (QED) is 0.841. The molecule has 21 heavy (non-hydrogen) atoms. The third-order valence-electron chi connectivity index (χ3n) is 3.26. The van der Waals surface area contributed by atoms with E-state index < -0.39 is 0 Å². The number of aromatic nitrogens is 1. The molecular formula is C16H32N4S. The summed E-state index contributed by atoms with van der Waals surface area (Å²) in [6, 6.07) is 0. The number of rotatable bonds is 7. The number of likely N-dealkylation sites (N-methyl/N-ethyl adjacent to an activating group) is 1. The van der Waals surface area contributed by atoms with E-state index in [9.17, 15) is 0 Å². The number of nitrogens with two attached hydrogens (primary N) is 1. The van der Waals surface area contributed by atoms with Gasteiger partial charge in [-0.15, -0.1) is 11.3 Å². The van der Waals surface area contributed by atoms with Gasteiger partial charge in [0.15, 0.2) is 5.13 Å². The Balaban J connectivity index is 3.04. The average Bonchev–Trinajstić information content (AvgIpc) is 2.77. The molecule has 0 atom stereocenters. The lowest BCUT2D eigenvalue weighted by molar-refractivity contribution is 0.408. The number of anilines is 1. The molecule has 0 unspecified atom stereocenters. The first-order valence-corrected chi connectivity index (χ1v) is 8.56. The molecule has 4 nitrogen and oxygen atoms in total. The van der Waals surface area contributed by atoms with E-state index in [2.05, 4.69) is 58.5 Å². The molecule has 0 fully saturated rings. The van der Waals surface area contributed by atoms with Crippen molar-refractivity contribution in [2.45, 2.75) is 46.6 Å². The van der Waals surface area contributed by atoms with E-state index in [4.69, 9.17) is 10.7 Å². The van der Waals surface area contributed by atoms with Crippen LogP contribution in [0.25, 0.3) is 0 Å². The molecule has 1 aromatic rings. The lowest BCUT2D eigenvalue weighted by Crippen LogP contribution is -2.34. The minimum Gasteiger partial charge on any atom is -0.347 e. The molecule has 122 valence electrons. The molecule has 0 bridgehead atoms. The van der Waals surface area contributed by atoms with Gasteiger partial charge in [0.25, 0.3) is 0 Å². The summed E-state index contributed by atoms with van der Waals surface area (Å²) in [5.74, 6) is 0.621. The van der Waals surface area contributed by atoms with Gasteiger partial charge in [-0.3, -0.25) is 0 Å². The van der Waals surface area contributed by atoms with E-state index >= 15 is 0 Å². The molecule has 0 saturated carbocycles. The summed E-state index contributed by atoms with van der Waals surface area (Å²) in [5.41, 5.74) is 7.13. The fraction of sp³-hybridized carbons (Fsp3) is 0.812. The van der Waals surface area contributed by atoms with E-state index in [0.717, 1.165) is 30.5 Å². The standard InChI is InChI=1S/C16H32N4S/c1-12(2)11-20(9-8-19(6)7)15-18-14(16(3,4)5)13(10-17)21-15/h12H,8-11,17H2,1-7H3. The van der Waals surface area contributed by atoms with E-state index in [1.54, 1.807) is 11.3 Å². The Morgan fingerprint density at radius 1 is 1.19 bits per heavy atom. The summed E-state index contributed by atoms with van der Waals surface area (Å²) in [7, 11) is 4.22. The summed E-state index contributed by atoms with van der Waals surface area (Å²) >= 11 is 1.76. The van der Waals surface area contributed by atoms with Crippen LogP contribution in [0.2, 0.25) is 0 Å². The molecule has 0 spiro atoms. The topological polar surface area (TPSA) is 45.4 Å². The largest absolute Gasteiger partial charge is 0.347 e. The maximum Gasteiger partial charge on any atom is 0.185 e. The van der Waals surface area contributed by atoms with Crippen molar-refractivity contribution >= 4 is 16.5 Å². The zero-order valence-corrected chi connectivity index (χ0v) is 15.5. The van der Waals surface area contributed by atoms with Crippen LogP contribution in [0.5, 0.6) is 0 Å². The Bertz CT molecular complexity index is 432. The Hall–Kier alpha value is -0.650. The second kappa shape index (κ2) is 7.56. The molecule has 0 aliphatic heterocycles. The Morgan fingerprint density at radius 2 is 1.81 bits per heavy atom. The number of hydrogen-bond donors (Lipinski definition) is 1. The third-order valence-corrected chi connectivity index (χ3v) is 4.39. The fourth-order valence-corrected chi connectivity index (χ4v) is 3.41. The molecule has 0 aliphatic carbocycles. The van der Waals surface area contributed by atoms with Crippen molar-refractivity contribution in [2.75, 3.05) is 38.6 Å². The van der Waals surface area contributed by atoms with Crippen LogP contribution in [0.15, 0.2) is 0 Å². The van der Waals surface area contributed by atoms with Crippen LogP contribution in [0.1, 0.15) is 45.2 Å². The van der Waals surface area contributed by atoms with Crippen molar-refractivity contribution in [3.63, 3.8) is 0 Å². The lowest BCUT2D eigenvalue weighted by atomic mass is 9.91.